The summed E-state index contributed by atoms with van der Waals surface area (Å²) >= 11 is 3.58. The Morgan fingerprint density at radius 3 is 3.05 bits per heavy atom. The molecule has 110 valence electrons. The number of halogens is 1. The van der Waals surface area contributed by atoms with Crippen molar-refractivity contribution in [1.82, 2.24) is 10.3 Å². The second kappa shape index (κ2) is 6.58. The largest absolute Gasteiger partial charge is 0.493 e. The Labute approximate surface area is 133 Å². The van der Waals surface area contributed by atoms with Gasteiger partial charge in [-0.25, -0.2) is 0 Å². The van der Waals surface area contributed by atoms with E-state index in [-0.39, 0.29) is 0 Å². The second-order valence-electron chi connectivity index (χ2n) is 5.22. The lowest BCUT2D eigenvalue weighted by molar-refractivity contribution is 0.352. The first kappa shape index (κ1) is 14.5. The standard InChI is InChI=1S/C17H19BrN2O/c1-2-12-4-3-6-20-16(12)11-19-10-14-9-15(18)8-13-5-7-21-17(13)14/h3-4,6,8-9,19H,2,5,7,10-11H2,1H3. The van der Waals surface area contributed by atoms with Crippen molar-refractivity contribution in [2.45, 2.75) is 32.9 Å². The zero-order valence-corrected chi connectivity index (χ0v) is 13.7. The molecule has 0 aliphatic carbocycles. The van der Waals surface area contributed by atoms with Gasteiger partial charge in [-0.15, -0.1) is 0 Å². The van der Waals surface area contributed by atoms with Gasteiger partial charge in [0.05, 0.1) is 12.3 Å². The van der Waals surface area contributed by atoms with Gasteiger partial charge in [0.1, 0.15) is 5.75 Å². The minimum absolute atomic E-state index is 0.783. The van der Waals surface area contributed by atoms with Gasteiger partial charge in [-0.2, -0.15) is 0 Å². The van der Waals surface area contributed by atoms with Crippen molar-refractivity contribution >= 4 is 15.9 Å². The van der Waals surface area contributed by atoms with Crippen LogP contribution in [0.25, 0.3) is 0 Å². The average Bonchev–Trinajstić information content (AvgIpc) is 2.96. The fraction of sp³-hybridized carbons (Fsp3) is 0.353. The Hall–Kier alpha value is -1.39. The van der Waals surface area contributed by atoms with Gasteiger partial charge in [-0.3, -0.25) is 4.98 Å². The number of aryl methyl sites for hydroxylation is 1. The maximum atomic E-state index is 5.76. The predicted octanol–water partition coefficient (Wildman–Crippen LogP) is 3.63. The van der Waals surface area contributed by atoms with Crippen LogP contribution in [-0.2, 0) is 25.9 Å². The summed E-state index contributed by atoms with van der Waals surface area (Å²) in [7, 11) is 0. The molecule has 1 aromatic carbocycles. The van der Waals surface area contributed by atoms with Gasteiger partial charge < -0.3 is 10.1 Å². The number of hydrogen-bond donors (Lipinski definition) is 1. The number of pyridine rings is 1. The van der Waals surface area contributed by atoms with Crippen LogP contribution < -0.4 is 10.1 Å². The Bertz CT molecular complexity index is 643. The van der Waals surface area contributed by atoms with E-state index in [1.807, 2.05) is 12.3 Å². The topological polar surface area (TPSA) is 34.2 Å². The molecular weight excluding hydrogens is 328 g/mol. The number of fused-ring (bicyclic) bond motifs is 1. The Kier molecular flexibility index (Phi) is 4.56. The predicted molar refractivity (Wildman–Crippen MR) is 87.5 cm³/mol. The summed E-state index contributed by atoms with van der Waals surface area (Å²) in [6.07, 6.45) is 3.87. The first-order chi connectivity index (χ1) is 10.3. The number of hydrogen-bond acceptors (Lipinski definition) is 3. The maximum Gasteiger partial charge on any atom is 0.127 e. The van der Waals surface area contributed by atoms with Crippen molar-refractivity contribution in [3.63, 3.8) is 0 Å². The van der Waals surface area contributed by atoms with E-state index in [0.717, 1.165) is 48.5 Å². The first-order valence-electron chi connectivity index (χ1n) is 7.35. The fourth-order valence-corrected chi connectivity index (χ4v) is 3.30. The third kappa shape index (κ3) is 3.27. The number of rotatable bonds is 5. The van der Waals surface area contributed by atoms with Crippen molar-refractivity contribution < 1.29 is 4.74 Å². The van der Waals surface area contributed by atoms with Crippen LogP contribution in [0.4, 0.5) is 0 Å². The second-order valence-corrected chi connectivity index (χ2v) is 6.13. The van der Waals surface area contributed by atoms with Gasteiger partial charge >= 0.3 is 0 Å². The van der Waals surface area contributed by atoms with Crippen molar-refractivity contribution in [3.05, 3.63) is 57.3 Å². The van der Waals surface area contributed by atoms with Crippen LogP contribution in [0.3, 0.4) is 0 Å². The molecule has 0 amide bonds. The highest BCUT2D eigenvalue weighted by Crippen LogP contribution is 2.32. The van der Waals surface area contributed by atoms with E-state index in [1.165, 1.54) is 16.7 Å². The maximum absolute atomic E-state index is 5.76. The Morgan fingerprint density at radius 2 is 2.19 bits per heavy atom. The molecule has 3 rings (SSSR count). The van der Waals surface area contributed by atoms with Crippen molar-refractivity contribution in [1.29, 1.82) is 0 Å². The van der Waals surface area contributed by atoms with Crippen LogP contribution in [0.2, 0.25) is 0 Å². The summed E-state index contributed by atoms with van der Waals surface area (Å²) in [5.41, 5.74) is 4.95. The van der Waals surface area contributed by atoms with E-state index in [9.17, 15) is 0 Å². The molecule has 0 spiro atoms. The van der Waals surface area contributed by atoms with Crippen molar-refractivity contribution in [2.24, 2.45) is 0 Å². The summed E-state index contributed by atoms with van der Waals surface area (Å²) in [4.78, 5) is 4.47. The van der Waals surface area contributed by atoms with Crippen molar-refractivity contribution in [2.75, 3.05) is 6.61 Å². The van der Waals surface area contributed by atoms with Crippen LogP contribution in [0.15, 0.2) is 34.9 Å². The third-order valence-corrected chi connectivity index (χ3v) is 4.26. The first-order valence-corrected chi connectivity index (χ1v) is 8.15. The van der Waals surface area contributed by atoms with Gasteiger partial charge in [-0.1, -0.05) is 28.9 Å². The molecule has 0 unspecified atom stereocenters. The molecule has 0 saturated carbocycles. The number of nitrogens with zero attached hydrogens (tertiary/aromatic N) is 1. The molecule has 0 radical (unpaired) electrons. The molecule has 0 atom stereocenters. The molecule has 1 aliphatic rings. The zero-order chi connectivity index (χ0) is 14.7. The number of aromatic nitrogens is 1. The molecule has 3 nitrogen and oxygen atoms in total. The molecule has 1 aromatic heterocycles. The van der Waals surface area contributed by atoms with E-state index in [0.29, 0.717) is 0 Å². The SMILES string of the molecule is CCc1cccnc1CNCc1cc(Br)cc2c1OCC2. The summed E-state index contributed by atoms with van der Waals surface area (Å²) in [6.45, 7) is 4.53. The van der Waals surface area contributed by atoms with E-state index in [4.69, 9.17) is 4.74 Å². The normalized spacial score (nSPS) is 13.0. The molecule has 1 aliphatic heterocycles. The van der Waals surface area contributed by atoms with Crippen LogP contribution >= 0.6 is 15.9 Å². The number of nitrogens with one attached hydrogen (secondary N) is 1. The lowest BCUT2D eigenvalue weighted by atomic mass is 10.1. The van der Waals surface area contributed by atoms with E-state index >= 15 is 0 Å². The van der Waals surface area contributed by atoms with Crippen LogP contribution in [-0.4, -0.2) is 11.6 Å². The average molecular weight is 347 g/mol. The van der Waals surface area contributed by atoms with Crippen molar-refractivity contribution in [3.8, 4) is 5.75 Å². The monoisotopic (exact) mass is 346 g/mol. The zero-order valence-electron chi connectivity index (χ0n) is 12.2. The molecule has 0 fully saturated rings. The van der Waals surface area contributed by atoms with E-state index in [2.05, 4.69) is 51.4 Å². The molecular formula is C17H19BrN2O. The molecule has 21 heavy (non-hydrogen) atoms. The summed E-state index contributed by atoms with van der Waals surface area (Å²) < 4.78 is 6.88. The number of ether oxygens (including phenoxy) is 1. The van der Waals surface area contributed by atoms with Crippen LogP contribution in [0.1, 0.15) is 29.3 Å². The third-order valence-electron chi connectivity index (χ3n) is 3.80. The molecule has 1 N–H and O–H groups in total. The minimum Gasteiger partial charge on any atom is -0.493 e. The lowest BCUT2D eigenvalue weighted by Crippen LogP contribution is -2.15. The molecule has 4 heteroatoms. The summed E-state index contributed by atoms with van der Waals surface area (Å²) in [6, 6.07) is 8.43. The highest BCUT2D eigenvalue weighted by atomic mass is 79.9. The Balaban J connectivity index is 1.69. The highest BCUT2D eigenvalue weighted by Gasteiger charge is 2.17. The van der Waals surface area contributed by atoms with Crippen LogP contribution in [0.5, 0.6) is 5.75 Å². The summed E-state index contributed by atoms with van der Waals surface area (Å²) in [5, 5.41) is 3.49. The molecule has 2 aromatic rings. The van der Waals surface area contributed by atoms with Gasteiger partial charge in [0.15, 0.2) is 0 Å². The van der Waals surface area contributed by atoms with Gasteiger partial charge in [0.2, 0.25) is 0 Å². The quantitative estimate of drug-likeness (QED) is 0.897. The van der Waals surface area contributed by atoms with Crippen LogP contribution in [0, 0.1) is 0 Å². The van der Waals surface area contributed by atoms with Gasteiger partial charge in [0.25, 0.3) is 0 Å². The summed E-state index contributed by atoms with van der Waals surface area (Å²) in [5.74, 6) is 1.06. The lowest BCUT2D eigenvalue weighted by Gasteiger charge is -2.11. The van der Waals surface area contributed by atoms with Gasteiger partial charge in [-0.05, 0) is 35.7 Å². The smallest absolute Gasteiger partial charge is 0.127 e. The molecule has 0 bridgehead atoms. The highest BCUT2D eigenvalue weighted by molar-refractivity contribution is 9.10. The molecule has 0 saturated heterocycles. The van der Waals surface area contributed by atoms with Gasteiger partial charge in [0, 0.05) is 35.7 Å². The fourth-order valence-electron chi connectivity index (χ4n) is 2.75. The molecule has 2 heterocycles. The minimum atomic E-state index is 0.783. The van der Waals surface area contributed by atoms with E-state index < -0.39 is 0 Å². The Morgan fingerprint density at radius 1 is 1.29 bits per heavy atom. The van der Waals surface area contributed by atoms with E-state index in [1.54, 1.807) is 0 Å². The number of benzene rings is 1.